The largest absolute Gasteiger partial charge is 0.469 e. The summed E-state index contributed by atoms with van der Waals surface area (Å²) in [4.78, 5) is 31.8. The number of rotatable bonds is 2. The minimum absolute atomic E-state index is 0.0238. The number of hydrogen-bond acceptors (Lipinski definition) is 6. The van der Waals surface area contributed by atoms with E-state index >= 15 is 0 Å². The van der Waals surface area contributed by atoms with Crippen molar-refractivity contribution in [1.29, 1.82) is 0 Å². The molecule has 4 aliphatic rings. The van der Waals surface area contributed by atoms with Crippen molar-refractivity contribution < 1.29 is 23.9 Å². The molecule has 2 saturated carbocycles. The van der Waals surface area contributed by atoms with Crippen LogP contribution in [0.2, 0.25) is 0 Å². The Morgan fingerprint density at radius 3 is 2.38 bits per heavy atom. The van der Waals surface area contributed by atoms with Crippen molar-refractivity contribution in [1.82, 2.24) is 4.90 Å². The van der Waals surface area contributed by atoms with Crippen LogP contribution < -0.4 is 0 Å². The first-order valence-corrected chi connectivity index (χ1v) is 9.43. The second-order valence-electron chi connectivity index (χ2n) is 9.55. The molecule has 26 heavy (non-hydrogen) atoms. The lowest BCUT2D eigenvalue weighted by Crippen LogP contribution is -2.64. The highest BCUT2D eigenvalue weighted by Crippen LogP contribution is 2.64. The third-order valence-electron chi connectivity index (χ3n) is 6.52. The predicted molar refractivity (Wildman–Crippen MR) is 93.6 cm³/mol. The smallest absolute Gasteiger partial charge is 0.410 e. The van der Waals surface area contributed by atoms with Crippen LogP contribution >= 0.6 is 0 Å². The molecule has 4 rings (SSSR count). The van der Waals surface area contributed by atoms with Crippen molar-refractivity contribution in [2.45, 2.75) is 70.5 Å². The molecule has 2 heterocycles. The van der Waals surface area contributed by atoms with Crippen LogP contribution in [0.1, 0.15) is 59.3 Å². The second kappa shape index (κ2) is 5.36. The summed E-state index contributed by atoms with van der Waals surface area (Å²) in [5, 5.41) is 4.43. The first kappa shape index (κ1) is 17.6. The topological polar surface area (TPSA) is 77.4 Å². The monoisotopic (exact) mass is 364 g/mol. The van der Waals surface area contributed by atoms with Crippen molar-refractivity contribution in [3.05, 3.63) is 0 Å². The average molecular weight is 364 g/mol. The molecule has 144 valence electrons. The van der Waals surface area contributed by atoms with E-state index in [4.69, 9.17) is 14.3 Å². The summed E-state index contributed by atoms with van der Waals surface area (Å²) in [6, 6.07) is 0. The predicted octanol–water partition coefficient (Wildman–Crippen LogP) is 2.88. The summed E-state index contributed by atoms with van der Waals surface area (Å²) in [5.41, 5.74) is -0.175. The van der Waals surface area contributed by atoms with Crippen LogP contribution in [-0.4, -0.2) is 54.1 Å². The minimum atomic E-state index is -0.498. The molecule has 3 fully saturated rings. The molecular formula is C19H28N2O5. The molecule has 2 aliphatic carbocycles. The maximum atomic E-state index is 12.2. The highest BCUT2D eigenvalue weighted by atomic mass is 16.7. The first-order chi connectivity index (χ1) is 12.1. The number of carbonyl (C=O) groups excluding carboxylic acids is 2. The van der Waals surface area contributed by atoms with Gasteiger partial charge in [0.25, 0.3) is 0 Å². The van der Waals surface area contributed by atoms with Gasteiger partial charge >= 0.3 is 12.1 Å². The van der Waals surface area contributed by atoms with Gasteiger partial charge in [-0.15, -0.1) is 0 Å². The normalized spacial score (nSPS) is 34.3. The number of methoxy groups -OCH3 is 1. The van der Waals surface area contributed by atoms with Crippen molar-refractivity contribution >= 4 is 17.8 Å². The zero-order valence-corrected chi connectivity index (χ0v) is 16.1. The number of esters is 1. The molecule has 2 bridgehead atoms. The van der Waals surface area contributed by atoms with E-state index in [0.29, 0.717) is 13.1 Å². The van der Waals surface area contributed by atoms with Crippen molar-refractivity contribution in [3.63, 3.8) is 0 Å². The van der Waals surface area contributed by atoms with Gasteiger partial charge < -0.3 is 14.3 Å². The zero-order chi connectivity index (χ0) is 18.8. The summed E-state index contributed by atoms with van der Waals surface area (Å²) < 4.78 is 10.5. The lowest BCUT2D eigenvalue weighted by molar-refractivity contribution is -0.152. The number of carbonyl (C=O) groups is 2. The van der Waals surface area contributed by atoms with E-state index in [2.05, 4.69) is 5.16 Å². The first-order valence-electron chi connectivity index (χ1n) is 9.43. The standard InChI is InChI=1S/C19H28N2O5/c1-16(2,3)25-15(23)21-11-19(12-21)9-13(20-26-19)17-5-7-18(10-17,8-6-17)14(22)24-4/h5-12H2,1-4H3. The van der Waals surface area contributed by atoms with Crippen LogP contribution in [0.4, 0.5) is 4.79 Å². The van der Waals surface area contributed by atoms with Gasteiger partial charge in [-0.2, -0.15) is 0 Å². The van der Waals surface area contributed by atoms with E-state index in [1.54, 1.807) is 4.90 Å². The fraction of sp³-hybridized carbons (Fsp3) is 0.842. The molecular weight excluding hydrogens is 336 g/mol. The maximum absolute atomic E-state index is 12.2. The summed E-state index contributed by atoms with van der Waals surface area (Å²) in [6.45, 7) is 6.60. The minimum Gasteiger partial charge on any atom is -0.469 e. The molecule has 7 nitrogen and oxygen atoms in total. The van der Waals surface area contributed by atoms with Crippen LogP contribution in [0.15, 0.2) is 5.16 Å². The van der Waals surface area contributed by atoms with Crippen molar-refractivity contribution in [3.8, 4) is 0 Å². The number of oxime groups is 1. The number of hydrogen-bond donors (Lipinski definition) is 0. The Morgan fingerprint density at radius 2 is 1.81 bits per heavy atom. The summed E-state index contributed by atoms with van der Waals surface area (Å²) in [5.74, 6) is -0.0779. The molecule has 0 radical (unpaired) electrons. The van der Waals surface area contributed by atoms with Crippen LogP contribution in [0.5, 0.6) is 0 Å². The van der Waals surface area contributed by atoms with Gasteiger partial charge in [0.15, 0.2) is 5.60 Å². The molecule has 1 amide bonds. The molecule has 0 atom stereocenters. The van der Waals surface area contributed by atoms with E-state index in [9.17, 15) is 9.59 Å². The van der Waals surface area contributed by atoms with Gasteiger partial charge in [-0.05, 0) is 52.9 Å². The van der Waals surface area contributed by atoms with Gasteiger partial charge in [0.1, 0.15) is 5.60 Å². The molecule has 1 spiro atoms. The molecule has 0 aromatic heterocycles. The zero-order valence-electron chi connectivity index (χ0n) is 16.1. The number of ether oxygens (including phenoxy) is 2. The van der Waals surface area contributed by atoms with Crippen LogP contribution in [0, 0.1) is 10.8 Å². The maximum Gasteiger partial charge on any atom is 0.410 e. The number of nitrogens with zero attached hydrogens (tertiary/aromatic N) is 2. The van der Waals surface area contributed by atoms with Crippen LogP contribution in [0.3, 0.4) is 0 Å². The Bertz CT molecular complexity index is 664. The molecule has 0 aromatic rings. The molecule has 1 saturated heterocycles. The Hall–Kier alpha value is -1.79. The molecule has 0 unspecified atom stereocenters. The Balaban J connectivity index is 1.37. The summed E-state index contributed by atoms with van der Waals surface area (Å²) in [7, 11) is 1.47. The fourth-order valence-corrected chi connectivity index (χ4v) is 5.17. The quantitative estimate of drug-likeness (QED) is 0.704. The van der Waals surface area contributed by atoms with Crippen LogP contribution in [0.25, 0.3) is 0 Å². The fourth-order valence-electron chi connectivity index (χ4n) is 5.17. The Kier molecular flexibility index (Phi) is 3.63. The summed E-state index contributed by atoms with van der Waals surface area (Å²) in [6.07, 6.45) is 4.94. The van der Waals surface area contributed by atoms with Gasteiger partial charge in [-0.25, -0.2) is 4.79 Å². The van der Waals surface area contributed by atoms with E-state index in [0.717, 1.165) is 44.2 Å². The van der Waals surface area contributed by atoms with E-state index in [1.807, 2.05) is 20.8 Å². The lowest BCUT2D eigenvalue weighted by atomic mass is 9.74. The molecule has 0 N–H and O–H groups in total. The van der Waals surface area contributed by atoms with Gasteiger partial charge in [0, 0.05) is 11.8 Å². The van der Waals surface area contributed by atoms with E-state index in [-0.39, 0.29) is 22.9 Å². The van der Waals surface area contributed by atoms with Crippen molar-refractivity contribution in [2.24, 2.45) is 16.0 Å². The number of likely N-dealkylation sites (tertiary alicyclic amines) is 1. The van der Waals surface area contributed by atoms with Gasteiger partial charge in [-0.1, -0.05) is 5.16 Å². The Labute approximate surface area is 154 Å². The third-order valence-corrected chi connectivity index (χ3v) is 6.52. The number of amides is 1. The Morgan fingerprint density at radius 1 is 1.15 bits per heavy atom. The van der Waals surface area contributed by atoms with E-state index < -0.39 is 11.2 Å². The van der Waals surface area contributed by atoms with Gasteiger partial charge in [0.2, 0.25) is 0 Å². The van der Waals surface area contributed by atoms with E-state index in [1.165, 1.54) is 7.11 Å². The third kappa shape index (κ3) is 2.58. The van der Waals surface area contributed by atoms with Gasteiger partial charge in [-0.3, -0.25) is 9.69 Å². The van der Waals surface area contributed by atoms with Gasteiger partial charge in [0.05, 0.1) is 31.3 Å². The van der Waals surface area contributed by atoms with Crippen LogP contribution in [-0.2, 0) is 19.1 Å². The molecule has 0 aromatic carbocycles. The average Bonchev–Trinajstić information content (AvgIpc) is 3.23. The van der Waals surface area contributed by atoms with Crippen molar-refractivity contribution in [2.75, 3.05) is 20.2 Å². The molecule has 7 heteroatoms. The number of fused-ring (bicyclic) bond motifs is 2. The second-order valence-corrected chi connectivity index (χ2v) is 9.55. The highest BCUT2D eigenvalue weighted by molar-refractivity contribution is 5.94. The summed E-state index contributed by atoms with van der Waals surface area (Å²) >= 11 is 0. The molecule has 2 aliphatic heterocycles. The lowest BCUT2D eigenvalue weighted by Gasteiger charge is -2.45. The SMILES string of the molecule is COC(=O)C12CCC(C3=NOC4(C3)CN(C(=O)OC(C)(C)C)C4)(CC1)C2. The highest BCUT2D eigenvalue weighted by Gasteiger charge is 2.64.